The highest BCUT2D eigenvalue weighted by atomic mass is 16.2. The van der Waals surface area contributed by atoms with E-state index in [0.717, 1.165) is 0 Å². The summed E-state index contributed by atoms with van der Waals surface area (Å²) in [7, 11) is 0. The second-order valence-electron chi connectivity index (χ2n) is 5.39. The highest BCUT2D eigenvalue weighted by Gasteiger charge is 2.15. The lowest BCUT2D eigenvalue weighted by Gasteiger charge is -2.24. The van der Waals surface area contributed by atoms with Gasteiger partial charge in [0.1, 0.15) is 0 Å². The van der Waals surface area contributed by atoms with Crippen LogP contribution >= 0.6 is 0 Å². The molecule has 0 aromatic carbocycles. The summed E-state index contributed by atoms with van der Waals surface area (Å²) in [6.45, 7) is 11.9. The first-order valence-electron chi connectivity index (χ1n) is 6.22. The molecule has 1 amide bonds. The Bertz CT molecular complexity index is 275. The van der Waals surface area contributed by atoms with Crippen molar-refractivity contribution in [1.82, 2.24) is 10.2 Å². The molecular formula is C13H25N3O. The van der Waals surface area contributed by atoms with Crippen molar-refractivity contribution in [3.05, 3.63) is 0 Å². The molecule has 0 aliphatic rings. The summed E-state index contributed by atoms with van der Waals surface area (Å²) < 4.78 is 0. The average Bonchev–Trinajstić information content (AvgIpc) is 2.23. The van der Waals surface area contributed by atoms with E-state index in [0.29, 0.717) is 26.1 Å². The minimum absolute atomic E-state index is 0.0390. The van der Waals surface area contributed by atoms with Gasteiger partial charge in [-0.3, -0.25) is 4.79 Å². The quantitative estimate of drug-likeness (QED) is 0.768. The van der Waals surface area contributed by atoms with Crippen LogP contribution in [0.1, 0.15) is 41.0 Å². The highest BCUT2D eigenvalue weighted by molar-refractivity contribution is 5.76. The van der Waals surface area contributed by atoms with Crippen LogP contribution in [0.25, 0.3) is 0 Å². The molecule has 0 heterocycles. The van der Waals surface area contributed by atoms with Gasteiger partial charge < -0.3 is 10.2 Å². The maximum Gasteiger partial charge on any atom is 0.223 e. The number of hydrogen-bond donors (Lipinski definition) is 1. The van der Waals surface area contributed by atoms with Gasteiger partial charge in [-0.2, -0.15) is 5.26 Å². The molecule has 0 spiro atoms. The van der Waals surface area contributed by atoms with Crippen LogP contribution in [0.5, 0.6) is 0 Å². The monoisotopic (exact) mass is 239 g/mol. The minimum Gasteiger partial charge on any atom is -0.342 e. The second kappa shape index (κ2) is 7.29. The minimum atomic E-state index is -0.102. The Morgan fingerprint density at radius 1 is 1.47 bits per heavy atom. The van der Waals surface area contributed by atoms with E-state index in [1.54, 1.807) is 4.90 Å². The molecule has 17 heavy (non-hydrogen) atoms. The fourth-order valence-electron chi connectivity index (χ4n) is 1.48. The summed E-state index contributed by atoms with van der Waals surface area (Å²) in [5, 5.41) is 12.0. The maximum atomic E-state index is 11.9. The zero-order chi connectivity index (χ0) is 13.5. The van der Waals surface area contributed by atoms with Crippen LogP contribution in [-0.4, -0.2) is 36.0 Å². The zero-order valence-electron chi connectivity index (χ0n) is 11.7. The Hall–Kier alpha value is -1.08. The Labute approximate surface area is 105 Å². The van der Waals surface area contributed by atoms with E-state index in [2.05, 4.69) is 32.2 Å². The topological polar surface area (TPSA) is 56.1 Å². The third-order valence-corrected chi connectivity index (χ3v) is 2.44. The fraction of sp³-hybridized carbons (Fsp3) is 0.846. The van der Waals surface area contributed by atoms with Crippen molar-refractivity contribution in [2.24, 2.45) is 5.92 Å². The lowest BCUT2D eigenvalue weighted by molar-refractivity contribution is -0.131. The Morgan fingerprint density at radius 3 is 2.47 bits per heavy atom. The van der Waals surface area contributed by atoms with E-state index in [1.165, 1.54) is 0 Å². The van der Waals surface area contributed by atoms with Crippen molar-refractivity contribution in [3.8, 4) is 6.07 Å². The van der Waals surface area contributed by atoms with Gasteiger partial charge in [-0.1, -0.05) is 0 Å². The number of carbonyl (C=O) groups excluding carboxylic acids is 1. The Kier molecular flexibility index (Phi) is 6.82. The van der Waals surface area contributed by atoms with Crippen molar-refractivity contribution >= 4 is 5.91 Å². The molecule has 0 aliphatic heterocycles. The smallest absolute Gasteiger partial charge is 0.223 e. The van der Waals surface area contributed by atoms with Gasteiger partial charge >= 0.3 is 0 Å². The Morgan fingerprint density at radius 2 is 2.06 bits per heavy atom. The highest BCUT2D eigenvalue weighted by Crippen LogP contribution is 2.02. The van der Waals surface area contributed by atoms with Gasteiger partial charge in [0.25, 0.3) is 0 Å². The van der Waals surface area contributed by atoms with E-state index in [4.69, 9.17) is 5.26 Å². The van der Waals surface area contributed by atoms with Crippen molar-refractivity contribution in [1.29, 1.82) is 5.26 Å². The standard InChI is InChI=1S/C13H25N3O/c1-6-16(10-11(2)9-14)12(17)7-8-15-13(3,4)5/h11,15H,6-8,10H2,1-5H3. The van der Waals surface area contributed by atoms with Crippen molar-refractivity contribution < 1.29 is 4.79 Å². The first-order valence-corrected chi connectivity index (χ1v) is 6.22. The first kappa shape index (κ1) is 15.9. The first-order chi connectivity index (χ1) is 7.80. The van der Waals surface area contributed by atoms with Gasteiger partial charge in [-0.15, -0.1) is 0 Å². The van der Waals surface area contributed by atoms with Crippen LogP contribution in [0.2, 0.25) is 0 Å². The number of nitrogens with one attached hydrogen (secondary N) is 1. The van der Waals surface area contributed by atoms with Gasteiger partial charge in [0.2, 0.25) is 5.91 Å². The van der Waals surface area contributed by atoms with Gasteiger partial charge in [0, 0.05) is 31.6 Å². The molecule has 0 radical (unpaired) electrons. The Balaban J connectivity index is 4.06. The summed E-state index contributed by atoms with van der Waals surface area (Å²) in [5.41, 5.74) is 0.0390. The predicted molar refractivity (Wildman–Crippen MR) is 69.4 cm³/mol. The van der Waals surface area contributed by atoms with Crippen LogP contribution < -0.4 is 5.32 Å². The number of nitrogens with zero attached hydrogens (tertiary/aromatic N) is 2. The molecule has 1 unspecified atom stereocenters. The molecule has 0 saturated heterocycles. The van der Waals surface area contributed by atoms with Gasteiger partial charge in [0.05, 0.1) is 12.0 Å². The van der Waals surface area contributed by atoms with E-state index in [-0.39, 0.29) is 17.4 Å². The lowest BCUT2D eigenvalue weighted by atomic mass is 10.1. The van der Waals surface area contributed by atoms with Crippen LogP contribution in [0, 0.1) is 17.2 Å². The normalized spacial score (nSPS) is 12.9. The summed E-state index contributed by atoms with van der Waals surface area (Å²) >= 11 is 0. The predicted octanol–water partition coefficient (Wildman–Crippen LogP) is 1.77. The number of hydrogen-bond acceptors (Lipinski definition) is 3. The molecule has 98 valence electrons. The molecule has 4 nitrogen and oxygen atoms in total. The van der Waals surface area contributed by atoms with Crippen LogP contribution in [0.3, 0.4) is 0 Å². The number of carbonyl (C=O) groups is 1. The van der Waals surface area contributed by atoms with Crippen LogP contribution in [-0.2, 0) is 4.79 Å². The maximum absolute atomic E-state index is 11.9. The molecule has 1 atom stereocenters. The van der Waals surface area contributed by atoms with Crippen LogP contribution in [0.15, 0.2) is 0 Å². The van der Waals surface area contributed by atoms with E-state index < -0.39 is 0 Å². The van der Waals surface area contributed by atoms with Gasteiger partial charge in [-0.05, 0) is 34.6 Å². The number of rotatable bonds is 6. The van der Waals surface area contributed by atoms with E-state index in [9.17, 15) is 4.79 Å². The summed E-state index contributed by atoms with van der Waals surface area (Å²) in [6.07, 6.45) is 0.489. The molecule has 4 heteroatoms. The second-order valence-corrected chi connectivity index (χ2v) is 5.39. The lowest BCUT2D eigenvalue weighted by Crippen LogP contribution is -2.40. The van der Waals surface area contributed by atoms with Crippen LogP contribution in [0.4, 0.5) is 0 Å². The van der Waals surface area contributed by atoms with Gasteiger partial charge in [0.15, 0.2) is 0 Å². The molecule has 0 saturated carbocycles. The molecule has 0 aromatic heterocycles. The third kappa shape index (κ3) is 7.76. The number of nitriles is 1. The van der Waals surface area contributed by atoms with Crippen molar-refractivity contribution in [2.45, 2.75) is 46.6 Å². The van der Waals surface area contributed by atoms with E-state index >= 15 is 0 Å². The molecule has 0 aliphatic carbocycles. The summed E-state index contributed by atoms with van der Waals surface area (Å²) in [5.74, 6) is 0.0147. The third-order valence-electron chi connectivity index (χ3n) is 2.44. The van der Waals surface area contributed by atoms with Crippen molar-refractivity contribution in [3.63, 3.8) is 0 Å². The number of amides is 1. The molecule has 0 bridgehead atoms. The van der Waals surface area contributed by atoms with E-state index in [1.807, 2.05) is 13.8 Å². The fourth-order valence-corrected chi connectivity index (χ4v) is 1.48. The molecule has 0 aromatic rings. The van der Waals surface area contributed by atoms with Gasteiger partial charge in [-0.25, -0.2) is 0 Å². The molecule has 0 rings (SSSR count). The summed E-state index contributed by atoms with van der Waals surface area (Å²) in [4.78, 5) is 13.6. The summed E-state index contributed by atoms with van der Waals surface area (Å²) in [6, 6.07) is 2.16. The largest absolute Gasteiger partial charge is 0.342 e. The molecule has 1 N–H and O–H groups in total. The molecular weight excluding hydrogens is 214 g/mol. The zero-order valence-corrected chi connectivity index (χ0v) is 11.7. The average molecular weight is 239 g/mol. The van der Waals surface area contributed by atoms with Crippen molar-refractivity contribution in [2.75, 3.05) is 19.6 Å². The SMILES string of the molecule is CCN(CC(C)C#N)C(=O)CCNC(C)(C)C. The molecule has 0 fully saturated rings.